The van der Waals surface area contributed by atoms with Gasteiger partial charge >= 0.3 is 0 Å². The van der Waals surface area contributed by atoms with Crippen LogP contribution in [0.4, 0.5) is 11.4 Å². The lowest BCUT2D eigenvalue weighted by atomic mass is 9.92. The summed E-state index contributed by atoms with van der Waals surface area (Å²) in [6.07, 6.45) is 1.24. The van der Waals surface area contributed by atoms with E-state index >= 15 is 0 Å². The van der Waals surface area contributed by atoms with Gasteiger partial charge in [-0.1, -0.05) is 25.4 Å². The van der Waals surface area contributed by atoms with E-state index in [0.29, 0.717) is 34.8 Å². The lowest BCUT2D eigenvalue weighted by molar-refractivity contribution is -0.117. The van der Waals surface area contributed by atoms with Gasteiger partial charge in [-0.2, -0.15) is 0 Å². The van der Waals surface area contributed by atoms with Crippen LogP contribution in [-0.4, -0.2) is 30.4 Å². The van der Waals surface area contributed by atoms with Crippen molar-refractivity contribution in [3.63, 3.8) is 0 Å². The summed E-state index contributed by atoms with van der Waals surface area (Å²) in [5.74, 6) is 1.26. The van der Waals surface area contributed by atoms with Crippen LogP contribution in [0.1, 0.15) is 20.3 Å². The Morgan fingerprint density at radius 2 is 2.05 bits per heavy atom. The molecule has 0 spiro atoms. The standard InChI is InChI=1S/C15H22ClN3O/c1-10-5-11(2)8-19(7-10)9-15(20)18-14-4-3-12(17)6-13(14)16/h3-4,6,10-11H,5,7-9,17H2,1-2H3,(H,18,20). The Labute approximate surface area is 125 Å². The molecule has 1 amide bonds. The van der Waals surface area contributed by atoms with Gasteiger partial charge in [-0.15, -0.1) is 0 Å². The maximum absolute atomic E-state index is 12.1. The molecular formula is C15H22ClN3O. The Hall–Kier alpha value is -1.26. The van der Waals surface area contributed by atoms with Gasteiger partial charge in [0.15, 0.2) is 0 Å². The Morgan fingerprint density at radius 1 is 1.40 bits per heavy atom. The topological polar surface area (TPSA) is 58.4 Å². The number of hydrogen-bond donors (Lipinski definition) is 2. The SMILES string of the molecule is CC1CC(C)CN(CC(=O)Nc2ccc(N)cc2Cl)C1. The van der Waals surface area contributed by atoms with Crippen molar-refractivity contribution in [2.75, 3.05) is 30.7 Å². The van der Waals surface area contributed by atoms with Gasteiger partial charge < -0.3 is 11.1 Å². The number of amides is 1. The zero-order chi connectivity index (χ0) is 14.7. The monoisotopic (exact) mass is 295 g/mol. The number of rotatable bonds is 3. The summed E-state index contributed by atoms with van der Waals surface area (Å²) in [7, 11) is 0. The lowest BCUT2D eigenvalue weighted by Crippen LogP contribution is -2.42. The molecular weight excluding hydrogens is 274 g/mol. The molecule has 2 atom stereocenters. The van der Waals surface area contributed by atoms with Crippen molar-refractivity contribution in [3.8, 4) is 0 Å². The second-order valence-electron chi connectivity index (χ2n) is 5.93. The summed E-state index contributed by atoms with van der Waals surface area (Å²) in [5, 5.41) is 3.32. The predicted octanol–water partition coefficient (Wildman–Crippen LogP) is 2.84. The molecule has 1 aromatic carbocycles. The summed E-state index contributed by atoms with van der Waals surface area (Å²) < 4.78 is 0. The Balaban J connectivity index is 1.92. The second-order valence-corrected chi connectivity index (χ2v) is 6.33. The van der Waals surface area contributed by atoms with E-state index in [2.05, 4.69) is 24.1 Å². The van der Waals surface area contributed by atoms with Crippen LogP contribution in [0.5, 0.6) is 0 Å². The highest BCUT2D eigenvalue weighted by molar-refractivity contribution is 6.34. The number of piperidine rings is 1. The van der Waals surface area contributed by atoms with E-state index in [0.717, 1.165) is 13.1 Å². The van der Waals surface area contributed by atoms with Gasteiger partial charge in [0, 0.05) is 18.8 Å². The Kier molecular flexibility index (Phi) is 4.89. The average molecular weight is 296 g/mol. The van der Waals surface area contributed by atoms with Crippen LogP contribution in [0.2, 0.25) is 5.02 Å². The van der Waals surface area contributed by atoms with Gasteiger partial charge in [0.1, 0.15) is 0 Å². The van der Waals surface area contributed by atoms with E-state index in [9.17, 15) is 4.79 Å². The summed E-state index contributed by atoms with van der Waals surface area (Å²) in [6, 6.07) is 5.10. The minimum absolute atomic E-state index is 0.0297. The minimum Gasteiger partial charge on any atom is -0.399 e. The third-order valence-corrected chi connectivity index (χ3v) is 3.89. The molecule has 110 valence electrons. The van der Waals surface area contributed by atoms with Crippen LogP contribution in [0.3, 0.4) is 0 Å². The Bertz CT molecular complexity index is 482. The van der Waals surface area contributed by atoms with Gasteiger partial charge in [-0.05, 0) is 36.5 Å². The number of nitrogen functional groups attached to an aromatic ring is 1. The van der Waals surface area contributed by atoms with Gasteiger partial charge in [0.25, 0.3) is 0 Å². The molecule has 3 N–H and O–H groups in total. The third-order valence-electron chi connectivity index (χ3n) is 3.58. The summed E-state index contributed by atoms with van der Waals surface area (Å²) in [6.45, 7) is 6.84. The van der Waals surface area contributed by atoms with Crippen molar-refractivity contribution >= 4 is 28.9 Å². The number of hydrogen-bond acceptors (Lipinski definition) is 3. The van der Waals surface area contributed by atoms with E-state index in [-0.39, 0.29) is 5.91 Å². The minimum atomic E-state index is -0.0297. The van der Waals surface area contributed by atoms with Crippen LogP contribution >= 0.6 is 11.6 Å². The molecule has 1 aromatic rings. The maximum Gasteiger partial charge on any atom is 0.238 e. The van der Waals surface area contributed by atoms with E-state index in [1.165, 1.54) is 6.42 Å². The largest absolute Gasteiger partial charge is 0.399 e. The number of halogens is 1. The van der Waals surface area contributed by atoms with Crippen molar-refractivity contribution in [2.45, 2.75) is 20.3 Å². The predicted molar refractivity (Wildman–Crippen MR) is 83.9 cm³/mol. The fourth-order valence-corrected chi connectivity index (χ4v) is 3.18. The smallest absolute Gasteiger partial charge is 0.238 e. The molecule has 0 bridgehead atoms. The normalized spacial score (nSPS) is 23.6. The highest BCUT2D eigenvalue weighted by Gasteiger charge is 2.23. The molecule has 0 saturated carbocycles. The molecule has 4 nitrogen and oxygen atoms in total. The molecule has 1 heterocycles. The number of likely N-dealkylation sites (tertiary alicyclic amines) is 1. The van der Waals surface area contributed by atoms with Gasteiger partial charge in [0.05, 0.1) is 17.3 Å². The molecule has 1 fully saturated rings. The molecule has 2 unspecified atom stereocenters. The molecule has 0 radical (unpaired) electrons. The zero-order valence-electron chi connectivity index (χ0n) is 12.0. The number of benzene rings is 1. The van der Waals surface area contributed by atoms with E-state index in [1.807, 2.05) is 0 Å². The van der Waals surface area contributed by atoms with Gasteiger partial charge in [-0.25, -0.2) is 0 Å². The number of nitrogens with two attached hydrogens (primary N) is 1. The van der Waals surface area contributed by atoms with E-state index < -0.39 is 0 Å². The molecule has 2 rings (SSSR count). The van der Waals surface area contributed by atoms with Crippen LogP contribution in [0.15, 0.2) is 18.2 Å². The van der Waals surface area contributed by atoms with Crippen LogP contribution in [0, 0.1) is 11.8 Å². The van der Waals surface area contributed by atoms with Crippen molar-refractivity contribution in [1.82, 2.24) is 4.90 Å². The van der Waals surface area contributed by atoms with Gasteiger partial charge in [0.2, 0.25) is 5.91 Å². The van der Waals surface area contributed by atoms with Crippen molar-refractivity contribution in [3.05, 3.63) is 23.2 Å². The number of anilines is 2. The molecule has 1 saturated heterocycles. The fourth-order valence-electron chi connectivity index (χ4n) is 2.95. The number of carbonyl (C=O) groups excluding carboxylic acids is 1. The molecule has 0 aromatic heterocycles. The number of carbonyl (C=O) groups is 1. The molecule has 1 aliphatic rings. The first-order valence-electron chi connectivity index (χ1n) is 7.01. The van der Waals surface area contributed by atoms with Crippen LogP contribution in [-0.2, 0) is 4.79 Å². The fraction of sp³-hybridized carbons (Fsp3) is 0.533. The van der Waals surface area contributed by atoms with Crippen molar-refractivity contribution in [2.24, 2.45) is 11.8 Å². The third kappa shape index (κ3) is 4.12. The summed E-state index contributed by atoms with van der Waals surface area (Å²) in [4.78, 5) is 14.3. The molecule has 1 aliphatic heterocycles. The second kappa shape index (κ2) is 6.46. The summed E-state index contributed by atoms with van der Waals surface area (Å²) >= 11 is 6.05. The average Bonchev–Trinajstić information content (AvgIpc) is 2.31. The highest BCUT2D eigenvalue weighted by Crippen LogP contribution is 2.24. The molecule has 0 aliphatic carbocycles. The maximum atomic E-state index is 12.1. The number of nitrogens with zero attached hydrogens (tertiary/aromatic N) is 1. The Morgan fingerprint density at radius 3 is 2.65 bits per heavy atom. The van der Waals surface area contributed by atoms with E-state index in [4.69, 9.17) is 17.3 Å². The van der Waals surface area contributed by atoms with Crippen molar-refractivity contribution in [1.29, 1.82) is 0 Å². The van der Waals surface area contributed by atoms with Crippen LogP contribution < -0.4 is 11.1 Å². The zero-order valence-corrected chi connectivity index (χ0v) is 12.8. The molecule has 5 heteroatoms. The van der Waals surface area contributed by atoms with Crippen LogP contribution in [0.25, 0.3) is 0 Å². The highest BCUT2D eigenvalue weighted by atomic mass is 35.5. The lowest BCUT2D eigenvalue weighted by Gasteiger charge is -2.34. The van der Waals surface area contributed by atoms with Gasteiger partial charge in [-0.3, -0.25) is 9.69 Å². The first-order chi connectivity index (χ1) is 9.44. The summed E-state index contributed by atoms with van der Waals surface area (Å²) in [5.41, 5.74) is 6.84. The molecule has 20 heavy (non-hydrogen) atoms. The first-order valence-corrected chi connectivity index (χ1v) is 7.39. The first kappa shape index (κ1) is 15.1. The van der Waals surface area contributed by atoms with E-state index in [1.54, 1.807) is 18.2 Å². The van der Waals surface area contributed by atoms with Crippen molar-refractivity contribution < 1.29 is 4.79 Å². The quantitative estimate of drug-likeness (QED) is 0.843. The number of nitrogens with one attached hydrogen (secondary N) is 1.